The first-order valence-corrected chi connectivity index (χ1v) is 12.1. The van der Waals surface area contributed by atoms with Gasteiger partial charge in [-0.3, -0.25) is 9.48 Å². The number of hydrogen-bond donors (Lipinski definition) is 4. The van der Waals surface area contributed by atoms with Crippen molar-refractivity contribution in [3.63, 3.8) is 0 Å². The van der Waals surface area contributed by atoms with Crippen LogP contribution in [0, 0.1) is 0 Å². The predicted molar refractivity (Wildman–Crippen MR) is 124 cm³/mol. The normalized spacial score (nSPS) is 14.7. The molecule has 0 aliphatic heterocycles. The Hall–Kier alpha value is -3.09. The third-order valence-corrected chi connectivity index (χ3v) is 7.12. The van der Waals surface area contributed by atoms with Crippen molar-refractivity contribution >= 4 is 34.2 Å². The van der Waals surface area contributed by atoms with Gasteiger partial charge in [0.05, 0.1) is 5.56 Å². The predicted octanol–water partition coefficient (Wildman–Crippen LogP) is 3.60. The summed E-state index contributed by atoms with van der Waals surface area (Å²) in [5.74, 6) is -1.67. The van der Waals surface area contributed by atoms with Crippen LogP contribution < -0.4 is 16.0 Å². The Kier molecular flexibility index (Phi) is 8.41. The van der Waals surface area contributed by atoms with Crippen LogP contribution in [0.2, 0.25) is 0 Å². The minimum Gasteiger partial charge on any atom is -0.478 e. The minimum atomic E-state index is -4.56. The van der Waals surface area contributed by atoms with Crippen molar-refractivity contribution in [1.82, 2.24) is 20.4 Å². The summed E-state index contributed by atoms with van der Waals surface area (Å²) in [5.41, 5.74) is 0.575. The first kappa shape index (κ1) is 26.5. The van der Waals surface area contributed by atoms with Gasteiger partial charge >= 0.3 is 18.2 Å². The number of carboxylic acid groups (broad SMARTS) is 1. The standard InChI is InChI=1S/C19H20F3N3O3S.C3H8N2O/c20-19(21,22)16-10-5-1-3-7-12(10)25(24-16)9-14(26)23-17-15(18(27)28)11-6-2-4-8-13(11)29-17;1-4-3(6)5-2/h1-9H2,(H,23,26)(H,27,28);1-2H3,(H2,4,5,6). The van der Waals surface area contributed by atoms with Gasteiger partial charge in [0.25, 0.3) is 0 Å². The number of carboxylic acids is 1. The summed E-state index contributed by atoms with van der Waals surface area (Å²) >= 11 is 1.24. The second-order valence-corrected chi connectivity index (χ2v) is 9.34. The van der Waals surface area contributed by atoms with Crippen LogP contribution >= 0.6 is 11.3 Å². The lowest BCUT2D eigenvalue weighted by molar-refractivity contribution is -0.142. The van der Waals surface area contributed by atoms with Gasteiger partial charge in [0.1, 0.15) is 11.5 Å². The van der Waals surface area contributed by atoms with E-state index in [0.717, 1.165) is 40.8 Å². The Balaban J connectivity index is 0.000000509. The van der Waals surface area contributed by atoms with Gasteiger partial charge in [-0.15, -0.1) is 11.3 Å². The molecule has 2 heterocycles. The summed E-state index contributed by atoms with van der Waals surface area (Å²) in [7, 11) is 3.14. The topological polar surface area (TPSA) is 125 Å². The third kappa shape index (κ3) is 6.13. The van der Waals surface area contributed by atoms with E-state index in [1.807, 2.05) is 0 Å². The van der Waals surface area contributed by atoms with Crippen molar-refractivity contribution in [2.75, 3.05) is 19.4 Å². The number of alkyl halides is 3. The molecule has 3 amide bonds. The zero-order valence-corrected chi connectivity index (χ0v) is 20.3. The van der Waals surface area contributed by atoms with E-state index in [2.05, 4.69) is 21.0 Å². The van der Waals surface area contributed by atoms with Gasteiger partial charge in [-0.1, -0.05) is 0 Å². The van der Waals surface area contributed by atoms with Gasteiger partial charge in [0, 0.05) is 30.2 Å². The molecular formula is C22H28F3N5O4S. The van der Waals surface area contributed by atoms with Crippen molar-refractivity contribution in [2.45, 2.75) is 64.1 Å². The Morgan fingerprint density at radius 3 is 2.17 bits per heavy atom. The van der Waals surface area contributed by atoms with E-state index in [-0.39, 0.29) is 28.7 Å². The molecule has 4 N–H and O–H groups in total. The molecule has 13 heteroatoms. The molecule has 2 aliphatic rings. The Labute approximate surface area is 204 Å². The molecule has 9 nitrogen and oxygen atoms in total. The molecule has 0 aromatic carbocycles. The van der Waals surface area contributed by atoms with Crippen molar-refractivity contribution in [3.05, 3.63) is 33.0 Å². The molecular weight excluding hydrogens is 487 g/mol. The van der Waals surface area contributed by atoms with Crippen LogP contribution in [0.25, 0.3) is 0 Å². The van der Waals surface area contributed by atoms with Gasteiger partial charge in [-0.25, -0.2) is 9.59 Å². The molecule has 0 atom stereocenters. The monoisotopic (exact) mass is 515 g/mol. The number of amides is 3. The lowest BCUT2D eigenvalue weighted by atomic mass is 9.95. The number of halogens is 3. The number of fused-ring (bicyclic) bond motifs is 2. The summed E-state index contributed by atoms with van der Waals surface area (Å²) in [6.45, 7) is -0.375. The van der Waals surface area contributed by atoms with E-state index >= 15 is 0 Å². The average molecular weight is 516 g/mol. The minimum absolute atomic E-state index is 0.108. The van der Waals surface area contributed by atoms with E-state index in [0.29, 0.717) is 31.4 Å². The summed E-state index contributed by atoms with van der Waals surface area (Å²) in [6, 6.07) is -0.157. The number of carbonyl (C=O) groups is 3. The van der Waals surface area contributed by atoms with Crippen molar-refractivity contribution in [1.29, 1.82) is 0 Å². The highest BCUT2D eigenvalue weighted by molar-refractivity contribution is 7.17. The Morgan fingerprint density at radius 2 is 1.60 bits per heavy atom. The molecule has 0 spiro atoms. The molecule has 192 valence electrons. The molecule has 0 fully saturated rings. The molecule has 2 aromatic rings. The first-order valence-electron chi connectivity index (χ1n) is 11.3. The fourth-order valence-electron chi connectivity index (χ4n) is 4.34. The lowest BCUT2D eigenvalue weighted by Gasteiger charge is -2.14. The number of urea groups is 1. The summed E-state index contributed by atoms with van der Waals surface area (Å²) in [6.07, 6.45) is 0.896. The van der Waals surface area contributed by atoms with Crippen LogP contribution in [-0.4, -0.2) is 46.9 Å². The number of carbonyl (C=O) groups excluding carboxylic acids is 2. The summed E-state index contributed by atoms with van der Waals surface area (Å²) in [5, 5.41) is 20.9. The van der Waals surface area contributed by atoms with Gasteiger partial charge in [-0.05, 0) is 56.9 Å². The van der Waals surface area contributed by atoms with E-state index in [4.69, 9.17) is 0 Å². The van der Waals surface area contributed by atoms with Crippen LogP contribution in [0.3, 0.4) is 0 Å². The SMILES string of the molecule is CNC(=O)NC.O=C(Cn1nc(C(F)(F)F)c2c1CCCC2)Nc1sc2c(c1C(=O)O)CCCC2. The maximum Gasteiger partial charge on any atom is 0.435 e. The first-order chi connectivity index (χ1) is 16.6. The maximum atomic E-state index is 13.3. The molecule has 0 unspecified atom stereocenters. The second kappa shape index (κ2) is 11.1. The third-order valence-electron chi connectivity index (χ3n) is 5.91. The number of aromatic nitrogens is 2. The summed E-state index contributed by atoms with van der Waals surface area (Å²) < 4.78 is 41.0. The number of nitrogens with zero attached hydrogens (tertiary/aromatic N) is 2. The van der Waals surface area contributed by atoms with Crippen LogP contribution in [0.4, 0.5) is 23.0 Å². The number of anilines is 1. The van der Waals surface area contributed by atoms with E-state index < -0.39 is 23.7 Å². The zero-order valence-electron chi connectivity index (χ0n) is 19.5. The van der Waals surface area contributed by atoms with Gasteiger partial charge in [-0.2, -0.15) is 18.3 Å². The van der Waals surface area contributed by atoms with Crippen LogP contribution in [0.1, 0.15) is 63.4 Å². The van der Waals surface area contributed by atoms with Gasteiger partial charge in [0.2, 0.25) is 5.91 Å². The molecule has 0 saturated carbocycles. The number of aromatic carboxylic acids is 1. The molecule has 0 saturated heterocycles. The number of thiophene rings is 1. The van der Waals surface area contributed by atoms with Crippen molar-refractivity contribution < 1.29 is 32.7 Å². The fraction of sp³-hybridized carbons (Fsp3) is 0.545. The highest BCUT2D eigenvalue weighted by Crippen LogP contribution is 2.39. The highest BCUT2D eigenvalue weighted by atomic mass is 32.1. The average Bonchev–Trinajstić information content (AvgIpc) is 3.37. The molecule has 4 rings (SSSR count). The lowest BCUT2D eigenvalue weighted by Crippen LogP contribution is -2.28. The van der Waals surface area contributed by atoms with E-state index in [1.165, 1.54) is 11.3 Å². The van der Waals surface area contributed by atoms with Crippen molar-refractivity contribution in [3.8, 4) is 0 Å². The molecule has 35 heavy (non-hydrogen) atoms. The largest absolute Gasteiger partial charge is 0.478 e. The fourth-order valence-corrected chi connectivity index (χ4v) is 5.63. The molecule has 0 bridgehead atoms. The van der Waals surface area contributed by atoms with Gasteiger partial charge < -0.3 is 21.1 Å². The van der Waals surface area contributed by atoms with Crippen LogP contribution in [0.5, 0.6) is 0 Å². The second-order valence-electron chi connectivity index (χ2n) is 8.23. The quantitative estimate of drug-likeness (QED) is 0.495. The Morgan fingerprint density at radius 1 is 1.00 bits per heavy atom. The van der Waals surface area contributed by atoms with Crippen LogP contribution in [0.15, 0.2) is 0 Å². The molecule has 2 aromatic heterocycles. The number of hydrogen-bond acceptors (Lipinski definition) is 5. The molecule has 0 radical (unpaired) electrons. The van der Waals surface area contributed by atoms with E-state index in [1.54, 1.807) is 14.1 Å². The maximum absolute atomic E-state index is 13.3. The number of rotatable bonds is 4. The summed E-state index contributed by atoms with van der Waals surface area (Å²) in [4.78, 5) is 35.2. The number of nitrogens with one attached hydrogen (secondary N) is 3. The zero-order chi connectivity index (χ0) is 25.8. The van der Waals surface area contributed by atoms with Crippen LogP contribution in [-0.2, 0) is 43.2 Å². The number of aryl methyl sites for hydroxylation is 1. The van der Waals surface area contributed by atoms with Crippen molar-refractivity contribution in [2.24, 2.45) is 0 Å². The molecule has 2 aliphatic carbocycles. The Bertz CT molecular complexity index is 1100. The van der Waals surface area contributed by atoms with E-state index in [9.17, 15) is 32.7 Å². The smallest absolute Gasteiger partial charge is 0.435 e. The van der Waals surface area contributed by atoms with Gasteiger partial charge in [0.15, 0.2) is 5.69 Å². The highest BCUT2D eigenvalue weighted by Gasteiger charge is 2.39.